The van der Waals surface area contributed by atoms with Crippen molar-refractivity contribution in [1.29, 1.82) is 0 Å². The molecular formula is C11H15NO2. The predicted octanol–water partition coefficient (Wildman–Crippen LogP) is 1.93. The first-order valence-electron chi connectivity index (χ1n) is 4.49. The van der Waals surface area contributed by atoms with Crippen molar-refractivity contribution in [3.63, 3.8) is 0 Å². The van der Waals surface area contributed by atoms with Crippen molar-refractivity contribution in [3.05, 3.63) is 18.0 Å². The molecule has 1 aromatic heterocycles. The summed E-state index contributed by atoms with van der Waals surface area (Å²) in [6, 6.07) is 1.61. The van der Waals surface area contributed by atoms with Gasteiger partial charge < -0.3 is 9.63 Å². The summed E-state index contributed by atoms with van der Waals surface area (Å²) in [6.45, 7) is 7.56. The van der Waals surface area contributed by atoms with Gasteiger partial charge in [-0.25, -0.2) is 0 Å². The Morgan fingerprint density at radius 2 is 1.93 bits per heavy atom. The number of hydrogen-bond acceptors (Lipinski definition) is 3. The molecule has 76 valence electrons. The summed E-state index contributed by atoms with van der Waals surface area (Å²) in [4.78, 5) is 0. The van der Waals surface area contributed by atoms with E-state index >= 15 is 0 Å². The molecule has 0 saturated heterocycles. The van der Waals surface area contributed by atoms with E-state index < -0.39 is 5.60 Å². The van der Waals surface area contributed by atoms with Crippen molar-refractivity contribution in [3.8, 4) is 11.8 Å². The molecule has 0 saturated carbocycles. The molecule has 3 nitrogen and oxygen atoms in total. The summed E-state index contributed by atoms with van der Waals surface area (Å²) >= 11 is 0. The van der Waals surface area contributed by atoms with E-state index in [0.29, 0.717) is 5.69 Å². The second kappa shape index (κ2) is 3.47. The largest absolute Gasteiger partial charge is 0.372 e. The monoisotopic (exact) mass is 193 g/mol. The Morgan fingerprint density at radius 1 is 1.29 bits per heavy atom. The van der Waals surface area contributed by atoms with Gasteiger partial charge in [0.1, 0.15) is 12.0 Å². The molecule has 1 unspecified atom stereocenters. The Balaban J connectivity index is 2.91. The summed E-state index contributed by atoms with van der Waals surface area (Å²) in [5, 5.41) is 13.6. The van der Waals surface area contributed by atoms with Crippen LogP contribution in [0.15, 0.2) is 16.9 Å². The van der Waals surface area contributed by atoms with Crippen LogP contribution in [0.5, 0.6) is 0 Å². The van der Waals surface area contributed by atoms with E-state index in [0.717, 1.165) is 0 Å². The lowest BCUT2D eigenvalue weighted by Gasteiger charge is -2.14. The summed E-state index contributed by atoms with van der Waals surface area (Å²) in [5.41, 5.74) is -0.928. The lowest BCUT2D eigenvalue weighted by atomic mass is 9.95. The SMILES string of the molecule is CC(C)(C)C#CC(C)(O)c1ccon1. The summed E-state index contributed by atoms with van der Waals surface area (Å²) in [7, 11) is 0. The van der Waals surface area contributed by atoms with Crippen LogP contribution < -0.4 is 0 Å². The lowest BCUT2D eigenvalue weighted by molar-refractivity contribution is 0.112. The van der Waals surface area contributed by atoms with Gasteiger partial charge in [-0.2, -0.15) is 0 Å². The second-order valence-electron chi connectivity index (χ2n) is 4.46. The Kier molecular flexibility index (Phi) is 2.68. The highest BCUT2D eigenvalue weighted by Crippen LogP contribution is 2.19. The van der Waals surface area contributed by atoms with Gasteiger partial charge in [0, 0.05) is 11.5 Å². The fraction of sp³-hybridized carbons (Fsp3) is 0.545. The fourth-order valence-electron chi connectivity index (χ4n) is 0.837. The molecule has 1 atom stereocenters. The lowest BCUT2D eigenvalue weighted by Crippen LogP contribution is -2.19. The summed E-state index contributed by atoms with van der Waals surface area (Å²) in [5.74, 6) is 5.75. The van der Waals surface area contributed by atoms with Crippen molar-refractivity contribution in [2.75, 3.05) is 0 Å². The van der Waals surface area contributed by atoms with Gasteiger partial charge in [0.25, 0.3) is 0 Å². The van der Waals surface area contributed by atoms with Crippen LogP contribution in [0.4, 0.5) is 0 Å². The van der Waals surface area contributed by atoms with Gasteiger partial charge in [-0.05, 0) is 27.7 Å². The van der Waals surface area contributed by atoms with E-state index in [1.807, 2.05) is 20.8 Å². The third-order valence-electron chi connectivity index (χ3n) is 1.62. The summed E-state index contributed by atoms with van der Waals surface area (Å²) in [6.07, 6.45) is 1.42. The van der Waals surface area contributed by atoms with E-state index in [9.17, 15) is 5.11 Å². The number of aliphatic hydroxyl groups is 1. The molecule has 14 heavy (non-hydrogen) atoms. The van der Waals surface area contributed by atoms with Crippen molar-refractivity contribution in [1.82, 2.24) is 5.16 Å². The molecule has 1 rings (SSSR count). The predicted molar refractivity (Wildman–Crippen MR) is 53.3 cm³/mol. The third-order valence-corrected chi connectivity index (χ3v) is 1.62. The van der Waals surface area contributed by atoms with E-state index in [1.165, 1.54) is 6.26 Å². The molecule has 0 aliphatic carbocycles. The second-order valence-corrected chi connectivity index (χ2v) is 4.46. The van der Waals surface area contributed by atoms with Crippen LogP contribution >= 0.6 is 0 Å². The van der Waals surface area contributed by atoms with Crippen molar-refractivity contribution in [2.24, 2.45) is 5.41 Å². The van der Waals surface area contributed by atoms with Crippen LogP contribution in [0.2, 0.25) is 0 Å². The normalized spacial score (nSPS) is 15.5. The molecule has 3 heteroatoms. The van der Waals surface area contributed by atoms with Gasteiger partial charge in [0.15, 0.2) is 5.60 Å². The van der Waals surface area contributed by atoms with Crippen LogP contribution in [-0.4, -0.2) is 10.3 Å². The van der Waals surface area contributed by atoms with Crippen LogP contribution in [0.3, 0.4) is 0 Å². The Bertz CT molecular complexity index is 347. The first kappa shape index (κ1) is 10.8. The van der Waals surface area contributed by atoms with Gasteiger partial charge in [0.05, 0.1) is 0 Å². The molecule has 0 aliphatic heterocycles. The number of nitrogens with zero attached hydrogens (tertiary/aromatic N) is 1. The topological polar surface area (TPSA) is 46.3 Å². The quantitative estimate of drug-likeness (QED) is 0.693. The van der Waals surface area contributed by atoms with Crippen LogP contribution in [0.25, 0.3) is 0 Å². The zero-order valence-electron chi connectivity index (χ0n) is 8.96. The minimum atomic E-state index is -1.24. The van der Waals surface area contributed by atoms with Crippen LogP contribution in [0, 0.1) is 17.3 Å². The molecule has 0 amide bonds. The van der Waals surface area contributed by atoms with E-state index in [4.69, 9.17) is 0 Å². The highest BCUT2D eigenvalue weighted by atomic mass is 16.5. The highest BCUT2D eigenvalue weighted by Gasteiger charge is 2.23. The summed E-state index contributed by atoms with van der Waals surface area (Å²) < 4.78 is 4.66. The average Bonchev–Trinajstić information content (AvgIpc) is 2.52. The van der Waals surface area contributed by atoms with Crippen LogP contribution in [-0.2, 0) is 5.60 Å². The average molecular weight is 193 g/mol. The Hall–Kier alpha value is -1.27. The molecule has 0 radical (unpaired) electrons. The molecule has 1 heterocycles. The maximum atomic E-state index is 9.94. The minimum absolute atomic E-state index is 0.131. The zero-order valence-corrected chi connectivity index (χ0v) is 8.96. The van der Waals surface area contributed by atoms with E-state index in [-0.39, 0.29) is 5.41 Å². The Morgan fingerprint density at radius 3 is 2.36 bits per heavy atom. The van der Waals surface area contributed by atoms with Gasteiger partial charge in [-0.15, -0.1) is 0 Å². The van der Waals surface area contributed by atoms with Gasteiger partial charge in [0.2, 0.25) is 0 Å². The smallest absolute Gasteiger partial charge is 0.168 e. The molecule has 0 aromatic carbocycles. The zero-order chi connectivity index (χ0) is 10.8. The van der Waals surface area contributed by atoms with Crippen molar-refractivity contribution < 1.29 is 9.63 Å². The van der Waals surface area contributed by atoms with Crippen LogP contribution in [0.1, 0.15) is 33.4 Å². The molecule has 0 spiro atoms. The molecule has 0 aliphatic rings. The fourth-order valence-corrected chi connectivity index (χ4v) is 0.837. The van der Waals surface area contributed by atoms with Gasteiger partial charge in [-0.1, -0.05) is 17.0 Å². The van der Waals surface area contributed by atoms with E-state index in [1.54, 1.807) is 13.0 Å². The minimum Gasteiger partial charge on any atom is -0.372 e. The molecule has 1 N–H and O–H groups in total. The van der Waals surface area contributed by atoms with Gasteiger partial charge >= 0.3 is 0 Å². The standard InChI is InChI=1S/C11H15NO2/c1-10(2,3)6-7-11(4,13)9-5-8-14-12-9/h5,8,13H,1-4H3. The third kappa shape index (κ3) is 2.90. The molecule has 0 fully saturated rings. The van der Waals surface area contributed by atoms with Crippen molar-refractivity contribution >= 4 is 0 Å². The number of rotatable bonds is 1. The maximum absolute atomic E-state index is 9.94. The molecule has 1 aromatic rings. The maximum Gasteiger partial charge on any atom is 0.168 e. The Labute approximate surface area is 84.1 Å². The van der Waals surface area contributed by atoms with Gasteiger partial charge in [-0.3, -0.25) is 0 Å². The van der Waals surface area contributed by atoms with Crippen molar-refractivity contribution in [2.45, 2.75) is 33.3 Å². The molecule has 0 bridgehead atoms. The number of hydrogen-bond donors (Lipinski definition) is 1. The van der Waals surface area contributed by atoms with E-state index in [2.05, 4.69) is 21.5 Å². The first-order chi connectivity index (χ1) is 6.31. The highest BCUT2D eigenvalue weighted by molar-refractivity contribution is 5.24. The first-order valence-corrected chi connectivity index (χ1v) is 4.49. The molecular weight excluding hydrogens is 178 g/mol. The number of aromatic nitrogens is 1.